The van der Waals surface area contributed by atoms with Gasteiger partial charge in [-0.2, -0.15) is 4.80 Å². The average Bonchev–Trinajstić information content (AvgIpc) is 3.12. The van der Waals surface area contributed by atoms with E-state index in [2.05, 4.69) is 15.5 Å². The number of ether oxygens (including phenoxy) is 1. The fourth-order valence-electron chi connectivity index (χ4n) is 2.79. The summed E-state index contributed by atoms with van der Waals surface area (Å²) in [4.78, 5) is 14.3. The van der Waals surface area contributed by atoms with Crippen molar-refractivity contribution in [3.63, 3.8) is 0 Å². The number of anilines is 1. The van der Waals surface area contributed by atoms with Crippen LogP contribution in [0.3, 0.4) is 0 Å². The molecule has 1 N–H and O–H groups in total. The molecule has 29 heavy (non-hydrogen) atoms. The van der Waals surface area contributed by atoms with E-state index in [1.54, 1.807) is 38.1 Å². The summed E-state index contributed by atoms with van der Waals surface area (Å²) in [5, 5.41) is 12.5. The first-order chi connectivity index (χ1) is 13.9. The molecule has 1 aromatic heterocycles. The number of para-hydroxylation sites is 1. The zero-order chi connectivity index (χ0) is 20.4. The molecular formula is C22H19ClN4O2. The van der Waals surface area contributed by atoms with Crippen molar-refractivity contribution in [1.29, 1.82) is 0 Å². The average molecular weight is 407 g/mol. The van der Waals surface area contributed by atoms with Crippen LogP contribution in [0.2, 0.25) is 5.02 Å². The van der Waals surface area contributed by atoms with Crippen LogP contribution in [0.15, 0.2) is 72.8 Å². The third-order valence-corrected chi connectivity index (χ3v) is 4.61. The Hall–Kier alpha value is -3.38. The number of carbonyl (C=O) groups is 1. The Bertz CT molecular complexity index is 1150. The summed E-state index contributed by atoms with van der Waals surface area (Å²) in [6, 6.07) is 21.9. The van der Waals surface area contributed by atoms with E-state index in [0.29, 0.717) is 22.0 Å². The van der Waals surface area contributed by atoms with Gasteiger partial charge in [-0.3, -0.25) is 4.79 Å². The lowest BCUT2D eigenvalue weighted by Gasteiger charge is -2.25. The normalized spacial score (nSPS) is 11.4. The highest BCUT2D eigenvalue weighted by Gasteiger charge is 2.30. The van der Waals surface area contributed by atoms with E-state index >= 15 is 0 Å². The highest BCUT2D eigenvalue weighted by Crippen LogP contribution is 2.22. The lowest BCUT2D eigenvalue weighted by Crippen LogP contribution is -2.42. The summed E-state index contributed by atoms with van der Waals surface area (Å²) in [6.45, 7) is 3.45. The smallest absolute Gasteiger partial charge is 0.267 e. The van der Waals surface area contributed by atoms with Crippen molar-refractivity contribution in [2.45, 2.75) is 19.4 Å². The molecule has 0 spiro atoms. The van der Waals surface area contributed by atoms with Gasteiger partial charge in [0.15, 0.2) is 5.60 Å². The minimum absolute atomic E-state index is 0.259. The molecule has 0 bridgehead atoms. The summed E-state index contributed by atoms with van der Waals surface area (Å²) in [6.07, 6.45) is 0. The number of benzene rings is 3. The highest BCUT2D eigenvalue weighted by molar-refractivity contribution is 6.30. The van der Waals surface area contributed by atoms with Crippen molar-refractivity contribution in [3.8, 4) is 11.4 Å². The minimum atomic E-state index is -1.04. The van der Waals surface area contributed by atoms with Crippen LogP contribution in [0.5, 0.6) is 5.75 Å². The Kier molecular flexibility index (Phi) is 4.94. The zero-order valence-electron chi connectivity index (χ0n) is 16.0. The van der Waals surface area contributed by atoms with E-state index in [1.807, 2.05) is 48.5 Å². The van der Waals surface area contributed by atoms with E-state index in [1.165, 1.54) is 4.80 Å². The topological polar surface area (TPSA) is 69.0 Å². The monoisotopic (exact) mass is 406 g/mol. The number of halogens is 1. The van der Waals surface area contributed by atoms with Gasteiger partial charge in [-0.1, -0.05) is 29.8 Å². The van der Waals surface area contributed by atoms with Crippen LogP contribution in [0.1, 0.15) is 13.8 Å². The van der Waals surface area contributed by atoms with Crippen molar-refractivity contribution in [2.75, 3.05) is 5.32 Å². The molecule has 1 heterocycles. The number of carbonyl (C=O) groups excluding carboxylic acids is 1. The van der Waals surface area contributed by atoms with Crippen molar-refractivity contribution in [1.82, 2.24) is 15.0 Å². The second-order valence-corrected chi connectivity index (χ2v) is 7.49. The van der Waals surface area contributed by atoms with Crippen LogP contribution < -0.4 is 10.1 Å². The second kappa shape index (κ2) is 7.56. The molecule has 0 fully saturated rings. The number of nitrogens with one attached hydrogen (secondary N) is 1. The van der Waals surface area contributed by atoms with Crippen molar-refractivity contribution < 1.29 is 9.53 Å². The summed E-state index contributed by atoms with van der Waals surface area (Å²) < 4.78 is 5.84. The van der Waals surface area contributed by atoms with Gasteiger partial charge in [-0.05, 0) is 68.4 Å². The fourth-order valence-corrected chi connectivity index (χ4v) is 2.92. The summed E-state index contributed by atoms with van der Waals surface area (Å²) in [7, 11) is 0. The number of aromatic nitrogens is 3. The number of nitrogens with zero attached hydrogens (tertiary/aromatic N) is 3. The molecule has 0 radical (unpaired) electrons. The van der Waals surface area contributed by atoms with Gasteiger partial charge in [-0.25, -0.2) is 0 Å². The predicted molar refractivity (Wildman–Crippen MR) is 114 cm³/mol. The molecule has 6 nitrogen and oxygen atoms in total. The predicted octanol–water partition coefficient (Wildman–Crippen LogP) is 4.87. The number of rotatable bonds is 5. The van der Waals surface area contributed by atoms with Gasteiger partial charge in [0.25, 0.3) is 5.91 Å². The molecule has 0 unspecified atom stereocenters. The number of fused-ring (bicyclic) bond motifs is 1. The first kappa shape index (κ1) is 19.0. The van der Waals surface area contributed by atoms with Crippen LogP contribution >= 0.6 is 11.6 Å². The van der Waals surface area contributed by atoms with E-state index in [0.717, 1.165) is 11.2 Å². The maximum atomic E-state index is 12.7. The van der Waals surface area contributed by atoms with E-state index in [4.69, 9.17) is 16.3 Å². The Balaban J connectivity index is 1.53. The maximum Gasteiger partial charge on any atom is 0.267 e. The van der Waals surface area contributed by atoms with Gasteiger partial charge in [0, 0.05) is 10.7 Å². The summed E-state index contributed by atoms with van der Waals surface area (Å²) in [5.74, 6) is 0.375. The third-order valence-electron chi connectivity index (χ3n) is 4.36. The number of hydrogen-bond acceptors (Lipinski definition) is 4. The zero-order valence-corrected chi connectivity index (χ0v) is 16.7. The van der Waals surface area contributed by atoms with Crippen molar-refractivity contribution in [3.05, 3.63) is 77.8 Å². The van der Waals surface area contributed by atoms with Gasteiger partial charge < -0.3 is 10.1 Å². The molecule has 4 aromatic rings. The van der Waals surface area contributed by atoms with Crippen LogP contribution in [0.25, 0.3) is 16.7 Å². The van der Waals surface area contributed by atoms with E-state index in [-0.39, 0.29) is 5.91 Å². The SMILES string of the molecule is CC(C)(Oc1ccccc1)C(=O)Nc1ccc2nn(-c3ccc(Cl)cc3)nc2c1. The largest absolute Gasteiger partial charge is 0.478 e. The Morgan fingerprint density at radius 3 is 2.38 bits per heavy atom. The number of amides is 1. The molecule has 146 valence electrons. The van der Waals surface area contributed by atoms with E-state index < -0.39 is 5.60 Å². The second-order valence-electron chi connectivity index (χ2n) is 7.05. The van der Waals surface area contributed by atoms with Crippen molar-refractivity contribution in [2.24, 2.45) is 0 Å². The summed E-state index contributed by atoms with van der Waals surface area (Å²) >= 11 is 5.93. The molecule has 4 rings (SSSR count). The van der Waals surface area contributed by atoms with Gasteiger partial charge in [0.05, 0.1) is 5.69 Å². The molecular weight excluding hydrogens is 388 g/mol. The van der Waals surface area contributed by atoms with E-state index in [9.17, 15) is 4.79 Å². The molecule has 0 saturated carbocycles. The minimum Gasteiger partial charge on any atom is -0.478 e. The van der Waals surface area contributed by atoms with Crippen molar-refractivity contribution >= 4 is 34.2 Å². The molecule has 0 atom stereocenters. The van der Waals surface area contributed by atoms with Gasteiger partial charge >= 0.3 is 0 Å². The third kappa shape index (κ3) is 4.22. The molecule has 3 aromatic carbocycles. The molecule has 0 saturated heterocycles. The quantitative estimate of drug-likeness (QED) is 0.513. The van der Waals surface area contributed by atoms with Crippen LogP contribution in [-0.2, 0) is 4.79 Å². The lowest BCUT2D eigenvalue weighted by atomic mass is 10.1. The number of hydrogen-bond donors (Lipinski definition) is 1. The lowest BCUT2D eigenvalue weighted by molar-refractivity contribution is -0.128. The Morgan fingerprint density at radius 2 is 1.66 bits per heavy atom. The molecule has 0 aliphatic heterocycles. The van der Waals surface area contributed by atoms with Gasteiger partial charge in [0.1, 0.15) is 16.8 Å². The first-order valence-corrected chi connectivity index (χ1v) is 9.47. The van der Waals surface area contributed by atoms with Gasteiger partial charge in [-0.15, -0.1) is 10.2 Å². The van der Waals surface area contributed by atoms with Crippen LogP contribution in [0, 0.1) is 0 Å². The fraction of sp³-hybridized carbons (Fsp3) is 0.136. The highest BCUT2D eigenvalue weighted by atomic mass is 35.5. The Morgan fingerprint density at radius 1 is 0.966 bits per heavy atom. The molecule has 0 aliphatic rings. The molecule has 7 heteroatoms. The molecule has 1 amide bonds. The Labute approximate surface area is 173 Å². The summed E-state index contributed by atoms with van der Waals surface area (Å²) in [5.41, 5.74) is 1.76. The maximum absolute atomic E-state index is 12.7. The van der Waals surface area contributed by atoms with Crippen LogP contribution in [0.4, 0.5) is 5.69 Å². The van der Waals surface area contributed by atoms with Crippen LogP contribution in [-0.4, -0.2) is 26.5 Å². The molecule has 0 aliphatic carbocycles. The van der Waals surface area contributed by atoms with Gasteiger partial charge in [0.2, 0.25) is 0 Å². The first-order valence-electron chi connectivity index (χ1n) is 9.09. The standard InChI is InChI=1S/C22H19ClN4O2/c1-22(2,29-18-6-4-3-5-7-18)21(28)24-16-10-13-19-20(14-16)26-27(25-19)17-11-8-15(23)9-12-17/h3-14H,1-2H3,(H,24,28).